The zero-order valence-electron chi connectivity index (χ0n) is 8.90. The van der Waals surface area contributed by atoms with Crippen LogP contribution in [0.3, 0.4) is 0 Å². The highest BCUT2D eigenvalue weighted by Gasteiger charge is 2.00. The van der Waals surface area contributed by atoms with Crippen molar-refractivity contribution in [3.63, 3.8) is 0 Å². The molecule has 0 amide bonds. The summed E-state index contributed by atoms with van der Waals surface area (Å²) in [5.41, 5.74) is 1.59. The maximum Gasteiger partial charge on any atom is 0.213 e. The van der Waals surface area contributed by atoms with Gasteiger partial charge >= 0.3 is 0 Å². The molecule has 1 aromatic carbocycles. The number of hydrogen-bond donors (Lipinski definition) is 1. The minimum Gasteiger partial charge on any atom is -0.444 e. The maximum absolute atomic E-state index is 8.64. The van der Waals surface area contributed by atoms with Gasteiger partial charge in [0.15, 0.2) is 0 Å². The fourth-order valence-electron chi connectivity index (χ4n) is 1.32. The second-order valence-corrected chi connectivity index (χ2v) is 3.41. The second kappa shape index (κ2) is 4.49. The molecule has 0 saturated carbocycles. The number of hydrogen-bond acceptors (Lipinski definition) is 4. The Bertz CT molecular complexity index is 508. The molecule has 1 N–H and O–H groups in total. The van der Waals surface area contributed by atoms with Crippen molar-refractivity contribution in [2.45, 2.75) is 13.5 Å². The molecule has 0 bridgehead atoms. The molecule has 2 rings (SSSR count). The lowest BCUT2D eigenvalue weighted by Gasteiger charge is -2.02. The largest absolute Gasteiger partial charge is 0.444 e. The minimum absolute atomic E-state index is 0.541. The molecule has 1 aromatic heterocycles. The van der Waals surface area contributed by atoms with Gasteiger partial charge in [0.05, 0.1) is 24.4 Å². The number of oxazole rings is 1. The van der Waals surface area contributed by atoms with Gasteiger partial charge in [0, 0.05) is 5.69 Å². The van der Waals surface area contributed by atoms with E-state index in [1.54, 1.807) is 18.3 Å². The van der Waals surface area contributed by atoms with Crippen LogP contribution in [0.5, 0.6) is 0 Å². The third kappa shape index (κ3) is 2.39. The Labute approximate surface area is 93.5 Å². The third-order valence-electron chi connectivity index (χ3n) is 2.13. The number of rotatable bonds is 3. The first kappa shape index (κ1) is 10.2. The highest BCUT2D eigenvalue weighted by atomic mass is 16.4. The van der Waals surface area contributed by atoms with Crippen LogP contribution < -0.4 is 5.32 Å². The monoisotopic (exact) mass is 213 g/mol. The normalized spacial score (nSPS) is 9.75. The topological polar surface area (TPSA) is 61.9 Å². The summed E-state index contributed by atoms with van der Waals surface area (Å²) in [6.45, 7) is 2.40. The van der Waals surface area contributed by atoms with E-state index in [4.69, 9.17) is 9.68 Å². The van der Waals surface area contributed by atoms with Crippen LogP contribution in [-0.4, -0.2) is 4.98 Å². The van der Waals surface area contributed by atoms with Crippen molar-refractivity contribution in [2.24, 2.45) is 0 Å². The van der Waals surface area contributed by atoms with Gasteiger partial charge in [-0.1, -0.05) is 0 Å². The average molecular weight is 213 g/mol. The summed E-state index contributed by atoms with van der Waals surface area (Å²) in [4.78, 5) is 4.08. The van der Waals surface area contributed by atoms with E-state index in [9.17, 15) is 0 Å². The lowest BCUT2D eigenvalue weighted by molar-refractivity contribution is 0.479. The van der Waals surface area contributed by atoms with E-state index >= 15 is 0 Å². The average Bonchev–Trinajstić information content (AvgIpc) is 2.73. The molecule has 4 nitrogen and oxygen atoms in total. The first-order valence-electron chi connectivity index (χ1n) is 4.93. The minimum atomic E-state index is 0.541. The molecule has 0 aliphatic heterocycles. The SMILES string of the molecule is Cc1cnc(CNc2ccc(C#N)cc2)o1. The summed E-state index contributed by atoms with van der Waals surface area (Å²) >= 11 is 0. The van der Waals surface area contributed by atoms with Crippen molar-refractivity contribution in [1.82, 2.24) is 4.98 Å². The van der Waals surface area contributed by atoms with E-state index in [1.807, 2.05) is 19.1 Å². The van der Waals surface area contributed by atoms with Crippen LogP contribution in [0.15, 0.2) is 34.9 Å². The van der Waals surface area contributed by atoms with Crippen molar-refractivity contribution in [3.8, 4) is 6.07 Å². The van der Waals surface area contributed by atoms with Crippen LogP contribution in [0, 0.1) is 18.3 Å². The molecule has 1 heterocycles. The standard InChI is InChI=1S/C12H11N3O/c1-9-7-15-12(16-9)8-14-11-4-2-10(6-13)3-5-11/h2-5,7,14H,8H2,1H3. The molecule has 0 fully saturated rings. The predicted molar refractivity (Wildman–Crippen MR) is 59.7 cm³/mol. The van der Waals surface area contributed by atoms with Crippen molar-refractivity contribution < 1.29 is 4.42 Å². The van der Waals surface area contributed by atoms with Crippen molar-refractivity contribution in [2.75, 3.05) is 5.32 Å². The highest BCUT2D eigenvalue weighted by Crippen LogP contribution is 2.10. The Kier molecular flexibility index (Phi) is 2.88. The van der Waals surface area contributed by atoms with Crippen LogP contribution in [0.2, 0.25) is 0 Å². The van der Waals surface area contributed by atoms with E-state index < -0.39 is 0 Å². The summed E-state index contributed by atoms with van der Waals surface area (Å²) in [6, 6.07) is 9.32. The summed E-state index contributed by atoms with van der Waals surface area (Å²) < 4.78 is 5.32. The molecule has 0 spiro atoms. The fourth-order valence-corrected chi connectivity index (χ4v) is 1.32. The van der Waals surface area contributed by atoms with E-state index in [-0.39, 0.29) is 0 Å². The summed E-state index contributed by atoms with van der Waals surface area (Å²) in [6.07, 6.45) is 1.69. The molecule has 0 aliphatic carbocycles. The third-order valence-corrected chi connectivity index (χ3v) is 2.13. The van der Waals surface area contributed by atoms with Crippen molar-refractivity contribution in [1.29, 1.82) is 5.26 Å². The zero-order valence-corrected chi connectivity index (χ0v) is 8.90. The van der Waals surface area contributed by atoms with Gasteiger partial charge in [-0.15, -0.1) is 0 Å². The molecule has 16 heavy (non-hydrogen) atoms. The summed E-state index contributed by atoms with van der Waals surface area (Å²) in [5, 5.41) is 11.8. The molecule has 80 valence electrons. The van der Waals surface area contributed by atoms with Gasteiger partial charge in [-0.05, 0) is 31.2 Å². The zero-order chi connectivity index (χ0) is 11.4. The Hall–Kier alpha value is -2.28. The molecule has 0 atom stereocenters. The summed E-state index contributed by atoms with van der Waals surface area (Å²) in [7, 11) is 0. The molecule has 0 unspecified atom stereocenters. The van der Waals surface area contributed by atoms with Crippen molar-refractivity contribution in [3.05, 3.63) is 47.7 Å². The van der Waals surface area contributed by atoms with Crippen LogP contribution in [0.25, 0.3) is 0 Å². The van der Waals surface area contributed by atoms with Gasteiger partial charge in [0.1, 0.15) is 5.76 Å². The van der Waals surface area contributed by atoms with E-state index in [2.05, 4.69) is 16.4 Å². The number of nitrogens with zero attached hydrogens (tertiary/aromatic N) is 2. The Balaban J connectivity index is 1.97. The Morgan fingerprint density at radius 1 is 1.38 bits per heavy atom. The van der Waals surface area contributed by atoms with Crippen LogP contribution in [-0.2, 0) is 6.54 Å². The molecule has 2 aromatic rings. The van der Waals surface area contributed by atoms with E-state index in [0.29, 0.717) is 18.0 Å². The number of nitrogens with one attached hydrogen (secondary N) is 1. The molecular formula is C12H11N3O. The Morgan fingerprint density at radius 2 is 2.12 bits per heavy atom. The van der Waals surface area contributed by atoms with E-state index in [1.165, 1.54) is 0 Å². The maximum atomic E-state index is 8.64. The lowest BCUT2D eigenvalue weighted by Crippen LogP contribution is -1.99. The first-order chi connectivity index (χ1) is 7.78. The smallest absolute Gasteiger partial charge is 0.213 e. The van der Waals surface area contributed by atoms with E-state index in [0.717, 1.165) is 11.4 Å². The van der Waals surface area contributed by atoms with Gasteiger partial charge in [-0.3, -0.25) is 0 Å². The van der Waals surface area contributed by atoms with Crippen molar-refractivity contribution >= 4 is 5.69 Å². The molecule has 4 heteroatoms. The first-order valence-corrected chi connectivity index (χ1v) is 4.93. The van der Waals surface area contributed by atoms with Crippen LogP contribution >= 0.6 is 0 Å². The predicted octanol–water partition coefficient (Wildman–Crippen LogP) is 2.47. The number of nitriles is 1. The number of benzene rings is 1. The quantitative estimate of drug-likeness (QED) is 0.850. The second-order valence-electron chi connectivity index (χ2n) is 3.41. The molecule has 0 saturated heterocycles. The molecule has 0 radical (unpaired) electrons. The van der Waals surface area contributed by atoms with Gasteiger partial charge in [0.2, 0.25) is 5.89 Å². The number of aromatic nitrogens is 1. The summed E-state index contributed by atoms with van der Waals surface area (Å²) in [5.74, 6) is 1.46. The lowest BCUT2D eigenvalue weighted by atomic mass is 10.2. The van der Waals surface area contributed by atoms with Gasteiger partial charge in [-0.2, -0.15) is 5.26 Å². The van der Waals surface area contributed by atoms with Gasteiger partial charge < -0.3 is 9.73 Å². The van der Waals surface area contributed by atoms with Crippen LogP contribution in [0.4, 0.5) is 5.69 Å². The van der Waals surface area contributed by atoms with Gasteiger partial charge in [0.25, 0.3) is 0 Å². The fraction of sp³-hybridized carbons (Fsp3) is 0.167. The molecular weight excluding hydrogens is 202 g/mol. The number of aryl methyl sites for hydroxylation is 1. The number of anilines is 1. The van der Waals surface area contributed by atoms with Gasteiger partial charge in [-0.25, -0.2) is 4.98 Å². The van der Waals surface area contributed by atoms with Crippen LogP contribution in [0.1, 0.15) is 17.2 Å². The molecule has 0 aliphatic rings. The Morgan fingerprint density at radius 3 is 2.69 bits per heavy atom. The highest BCUT2D eigenvalue weighted by molar-refractivity contribution is 5.47.